The van der Waals surface area contributed by atoms with Crippen molar-refractivity contribution in [2.75, 3.05) is 0 Å². The van der Waals surface area contributed by atoms with Crippen LogP contribution in [0.15, 0.2) is 42.6 Å². The number of fused-ring (bicyclic) bond motifs is 1. The maximum Gasteiger partial charge on any atom is 0.353 e. The van der Waals surface area contributed by atoms with Gasteiger partial charge in [-0.25, -0.2) is 4.79 Å². The first-order valence-electron chi connectivity index (χ1n) is 5.63. The lowest BCUT2D eigenvalue weighted by Gasteiger charge is -2.00. The molecule has 2 heterocycles. The molecule has 3 rings (SSSR count). The number of carbonyl (C=O) groups is 1. The molecule has 94 valence electrons. The molecule has 0 saturated heterocycles. The monoisotopic (exact) mass is 272 g/mol. The summed E-state index contributed by atoms with van der Waals surface area (Å²) in [5.74, 6) is -1.02. The number of aromatic carboxylic acids is 1. The van der Waals surface area contributed by atoms with Gasteiger partial charge in [-0.05, 0) is 30.3 Å². The van der Waals surface area contributed by atoms with Crippen LogP contribution < -0.4 is 0 Å². The zero-order valence-electron chi connectivity index (χ0n) is 9.72. The molecular formula is C14H9ClN2O2. The van der Waals surface area contributed by atoms with E-state index in [2.05, 4.69) is 9.97 Å². The standard InChI is InChI=1S/C14H9ClN2O2/c15-8-4-5-10-9(7-8)12(13(17-10)14(18)19)11-3-1-2-6-16-11/h1-7,17H,(H,18,19). The number of aromatic amines is 1. The van der Waals surface area contributed by atoms with Gasteiger partial charge < -0.3 is 10.1 Å². The Bertz CT molecular complexity index is 766. The normalized spacial score (nSPS) is 10.8. The molecule has 0 spiro atoms. The number of carboxylic acids is 1. The zero-order chi connectivity index (χ0) is 13.4. The first-order valence-corrected chi connectivity index (χ1v) is 6.00. The molecular weight excluding hydrogens is 264 g/mol. The molecule has 0 amide bonds. The van der Waals surface area contributed by atoms with E-state index in [1.165, 1.54) is 0 Å². The Hall–Kier alpha value is -2.33. The fraction of sp³-hybridized carbons (Fsp3) is 0. The number of hydrogen-bond acceptors (Lipinski definition) is 2. The maximum atomic E-state index is 11.4. The molecule has 0 fully saturated rings. The zero-order valence-corrected chi connectivity index (χ0v) is 10.5. The van der Waals surface area contributed by atoms with Crippen molar-refractivity contribution in [2.45, 2.75) is 0 Å². The van der Waals surface area contributed by atoms with Crippen LogP contribution in [0.5, 0.6) is 0 Å². The molecule has 1 aromatic carbocycles. The number of H-pyrrole nitrogens is 1. The topological polar surface area (TPSA) is 66.0 Å². The largest absolute Gasteiger partial charge is 0.477 e. The number of rotatable bonds is 2. The number of benzene rings is 1. The Balaban J connectivity index is 2.40. The van der Waals surface area contributed by atoms with Crippen molar-refractivity contribution < 1.29 is 9.90 Å². The third-order valence-corrected chi connectivity index (χ3v) is 3.13. The van der Waals surface area contributed by atoms with E-state index in [4.69, 9.17) is 11.6 Å². The summed E-state index contributed by atoms with van der Waals surface area (Å²) < 4.78 is 0. The fourth-order valence-electron chi connectivity index (χ4n) is 2.10. The first kappa shape index (κ1) is 11.7. The van der Waals surface area contributed by atoms with Gasteiger partial charge in [0, 0.05) is 27.7 Å². The van der Waals surface area contributed by atoms with Crippen molar-refractivity contribution in [1.82, 2.24) is 9.97 Å². The van der Waals surface area contributed by atoms with Gasteiger partial charge in [0.1, 0.15) is 5.69 Å². The van der Waals surface area contributed by atoms with Crippen molar-refractivity contribution in [3.05, 3.63) is 53.3 Å². The summed E-state index contributed by atoms with van der Waals surface area (Å²) in [7, 11) is 0. The van der Waals surface area contributed by atoms with Crippen LogP contribution >= 0.6 is 11.6 Å². The number of pyridine rings is 1. The van der Waals surface area contributed by atoms with Crippen LogP contribution in [0.25, 0.3) is 22.2 Å². The van der Waals surface area contributed by atoms with Crippen LogP contribution in [-0.4, -0.2) is 21.0 Å². The van der Waals surface area contributed by atoms with Crippen LogP contribution in [0.1, 0.15) is 10.5 Å². The van der Waals surface area contributed by atoms with Gasteiger partial charge in [0.25, 0.3) is 0 Å². The van der Waals surface area contributed by atoms with Gasteiger partial charge in [-0.15, -0.1) is 0 Å². The average molecular weight is 273 g/mol. The molecule has 3 aromatic rings. The van der Waals surface area contributed by atoms with Crippen molar-refractivity contribution in [3.63, 3.8) is 0 Å². The van der Waals surface area contributed by atoms with Crippen LogP contribution in [0.4, 0.5) is 0 Å². The van der Waals surface area contributed by atoms with Crippen LogP contribution in [0.3, 0.4) is 0 Å². The first-order chi connectivity index (χ1) is 9.16. The third kappa shape index (κ3) is 1.96. The van der Waals surface area contributed by atoms with E-state index in [0.29, 0.717) is 16.3 Å². The highest BCUT2D eigenvalue weighted by Gasteiger charge is 2.19. The number of nitrogens with one attached hydrogen (secondary N) is 1. The minimum atomic E-state index is -1.02. The number of aromatic nitrogens is 2. The summed E-state index contributed by atoms with van der Waals surface area (Å²) in [5, 5.41) is 10.6. The van der Waals surface area contributed by atoms with E-state index in [1.54, 1.807) is 36.5 Å². The summed E-state index contributed by atoms with van der Waals surface area (Å²) >= 11 is 5.99. The lowest BCUT2D eigenvalue weighted by atomic mass is 10.1. The Morgan fingerprint density at radius 1 is 1.26 bits per heavy atom. The maximum absolute atomic E-state index is 11.4. The fourth-order valence-corrected chi connectivity index (χ4v) is 2.27. The quantitative estimate of drug-likeness (QED) is 0.749. The lowest BCUT2D eigenvalue weighted by molar-refractivity contribution is 0.0692. The smallest absolute Gasteiger partial charge is 0.353 e. The molecule has 0 aliphatic carbocycles. The molecule has 0 aliphatic rings. The molecule has 0 saturated carbocycles. The van der Waals surface area contributed by atoms with Gasteiger partial charge in [0.2, 0.25) is 0 Å². The second-order valence-corrected chi connectivity index (χ2v) is 4.52. The third-order valence-electron chi connectivity index (χ3n) is 2.90. The Morgan fingerprint density at radius 2 is 2.11 bits per heavy atom. The van der Waals surface area contributed by atoms with E-state index in [-0.39, 0.29) is 5.69 Å². The molecule has 0 aliphatic heterocycles. The van der Waals surface area contributed by atoms with E-state index < -0.39 is 5.97 Å². The number of nitrogens with zero attached hydrogens (tertiary/aromatic N) is 1. The second-order valence-electron chi connectivity index (χ2n) is 4.09. The Morgan fingerprint density at radius 3 is 2.79 bits per heavy atom. The molecule has 0 atom stereocenters. The van der Waals surface area contributed by atoms with Gasteiger partial charge >= 0.3 is 5.97 Å². The van der Waals surface area contributed by atoms with Gasteiger partial charge in [0.15, 0.2) is 0 Å². The molecule has 0 radical (unpaired) electrons. The van der Waals surface area contributed by atoms with Crippen LogP contribution in [-0.2, 0) is 0 Å². The Kier molecular flexibility index (Phi) is 2.72. The second kappa shape index (κ2) is 4.40. The number of carboxylic acid groups (broad SMARTS) is 1. The van der Waals surface area contributed by atoms with E-state index >= 15 is 0 Å². The number of hydrogen-bond donors (Lipinski definition) is 2. The van der Waals surface area contributed by atoms with Gasteiger partial charge in [-0.2, -0.15) is 0 Å². The molecule has 5 heteroatoms. The van der Waals surface area contributed by atoms with E-state index in [9.17, 15) is 9.90 Å². The highest BCUT2D eigenvalue weighted by atomic mass is 35.5. The van der Waals surface area contributed by atoms with Crippen LogP contribution in [0, 0.1) is 0 Å². The van der Waals surface area contributed by atoms with Crippen molar-refractivity contribution in [1.29, 1.82) is 0 Å². The van der Waals surface area contributed by atoms with E-state index in [0.717, 1.165) is 10.9 Å². The molecule has 4 nitrogen and oxygen atoms in total. The highest BCUT2D eigenvalue weighted by molar-refractivity contribution is 6.31. The summed E-state index contributed by atoms with van der Waals surface area (Å²) in [6, 6.07) is 10.6. The average Bonchev–Trinajstić information content (AvgIpc) is 2.78. The van der Waals surface area contributed by atoms with Gasteiger partial charge in [-0.1, -0.05) is 17.7 Å². The Labute approximate surface area is 113 Å². The van der Waals surface area contributed by atoms with E-state index in [1.807, 2.05) is 6.07 Å². The molecule has 2 N–H and O–H groups in total. The van der Waals surface area contributed by atoms with Crippen molar-refractivity contribution in [2.24, 2.45) is 0 Å². The SMILES string of the molecule is O=C(O)c1[nH]c2ccc(Cl)cc2c1-c1ccccn1. The minimum Gasteiger partial charge on any atom is -0.477 e. The molecule has 19 heavy (non-hydrogen) atoms. The predicted molar refractivity (Wildman–Crippen MR) is 73.5 cm³/mol. The van der Waals surface area contributed by atoms with Crippen molar-refractivity contribution >= 4 is 28.5 Å². The minimum absolute atomic E-state index is 0.121. The highest BCUT2D eigenvalue weighted by Crippen LogP contribution is 2.32. The summed E-state index contributed by atoms with van der Waals surface area (Å²) in [6.07, 6.45) is 1.63. The number of halogens is 1. The summed E-state index contributed by atoms with van der Waals surface area (Å²) in [4.78, 5) is 18.5. The van der Waals surface area contributed by atoms with Gasteiger partial charge in [0.05, 0.1) is 5.69 Å². The molecule has 2 aromatic heterocycles. The van der Waals surface area contributed by atoms with Crippen molar-refractivity contribution in [3.8, 4) is 11.3 Å². The molecule has 0 bridgehead atoms. The molecule has 0 unspecified atom stereocenters. The lowest BCUT2D eigenvalue weighted by Crippen LogP contribution is -1.99. The summed E-state index contributed by atoms with van der Waals surface area (Å²) in [5.41, 5.74) is 2.01. The predicted octanol–water partition coefficient (Wildman–Crippen LogP) is 3.58. The summed E-state index contributed by atoms with van der Waals surface area (Å²) in [6.45, 7) is 0. The van der Waals surface area contributed by atoms with Gasteiger partial charge in [-0.3, -0.25) is 4.98 Å². The van der Waals surface area contributed by atoms with Crippen LogP contribution in [0.2, 0.25) is 5.02 Å².